The molecule has 1 rings (SSSR count). The number of hydrogen-bond acceptors (Lipinski definition) is 4. The Morgan fingerprint density at radius 1 is 1.31 bits per heavy atom. The van der Waals surface area contributed by atoms with Crippen LogP contribution in [0.15, 0.2) is 30.3 Å². The fourth-order valence-corrected chi connectivity index (χ4v) is 1.36. The maximum atomic E-state index is 11.1. The largest absolute Gasteiger partial charge is 0.464 e. The van der Waals surface area contributed by atoms with Gasteiger partial charge in [-0.25, -0.2) is 4.79 Å². The van der Waals surface area contributed by atoms with Gasteiger partial charge in [-0.05, 0) is 12.5 Å². The Balaban J connectivity index is 2.51. The smallest absolute Gasteiger partial charge is 0.335 e. The van der Waals surface area contributed by atoms with Gasteiger partial charge in [0.1, 0.15) is 0 Å². The van der Waals surface area contributed by atoms with Gasteiger partial charge in [-0.15, -0.1) is 0 Å². The summed E-state index contributed by atoms with van der Waals surface area (Å²) in [6.07, 6.45) is -2.20. The second-order valence-electron chi connectivity index (χ2n) is 3.43. The minimum absolute atomic E-state index is 0.0527. The molecule has 0 amide bonds. The first-order valence-corrected chi connectivity index (χ1v) is 5.22. The Morgan fingerprint density at radius 3 is 2.50 bits per heavy atom. The van der Waals surface area contributed by atoms with Crippen molar-refractivity contribution in [3.8, 4) is 0 Å². The van der Waals surface area contributed by atoms with Crippen LogP contribution in [0.25, 0.3) is 0 Å². The lowest BCUT2D eigenvalue weighted by Crippen LogP contribution is -2.25. The molecule has 1 aromatic rings. The molecule has 4 nitrogen and oxygen atoms in total. The maximum Gasteiger partial charge on any atom is 0.335 e. The van der Waals surface area contributed by atoms with Crippen LogP contribution in [0, 0.1) is 0 Å². The number of carbonyl (C=O) groups excluding carboxylic acids is 1. The van der Waals surface area contributed by atoms with Gasteiger partial charge in [0.2, 0.25) is 0 Å². The monoisotopic (exact) mass is 224 g/mol. The highest BCUT2D eigenvalue weighted by molar-refractivity contribution is 5.74. The van der Waals surface area contributed by atoms with Crippen molar-refractivity contribution in [1.29, 1.82) is 0 Å². The number of aliphatic hydroxyl groups is 2. The van der Waals surface area contributed by atoms with E-state index in [4.69, 9.17) is 0 Å². The van der Waals surface area contributed by atoms with E-state index in [1.54, 1.807) is 31.2 Å². The molecule has 0 saturated carbocycles. The molecule has 0 aliphatic carbocycles. The van der Waals surface area contributed by atoms with Crippen LogP contribution in [0.4, 0.5) is 0 Å². The van der Waals surface area contributed by atoms with E-state index < -0.39 is 18.2 Å². The van der Waals surface area contributed by atoms with Crippen LogP contribution in [0.5, 0.6) is 0 Å². The number of carbonyl (C=O) groups is 1. The fourth-order valence-electron chi connectivity index (χ4n) is 1.36. The first kappa shape index (κ1) is 12.7. The zero-order valence-corrected chi connectivity index (χ0v) is 9.17. The normalized spacial score (nSPS) is 14.2. The SMILES string of the molecule is CCOC(=O)C(O)CC(O)c1ccccc1. The van der Waals surface area contributed by atoms with Crippen molar-refractivity contribution < 1.29 is 19.7 Å². The Hall–Kier alpha value is -1.39. The molecule has 88 valence electrons. The highest BCUT2D eigenvalue weighted by Crippen LogP contribution is 2.18. The van der Waals surface area contributed by atoms with E-state index in [0.717, 1.165) is 0 Å². The predicted molar refractivity (Wildman–Crippen MR) is 58.7 cm³/mol. The molecule has 16 heavy (non-hydrogen) atoms. The van der Waals surface area contributed by atoms with Crippen LogP contribution in [-0.4, -0.2) is 28.9 Å². The molecule has 0 heterocycles. The van der Waals surface area contributed by atoms with Crippen molar-refractivity contribution in [3.63, 3.8) is 0 Å². The molecule has 0 aromatic heterocycles. The average Bonchev–Trinajstić information content (AvgIpc) is 2.30. The highest BCUT2D eigenvalue weighted by Gasteiger charge is 2.21. The number of hydrogen-bond donors (Lipinski definition) is 2. The molecule has 0 spiro atoms. The summed E-state index contributed by atoms with van der Waals surface area (Å²) in [5, 5.41) is 19.2. The number of esters is 1. The van der Waals surface area contributed by atoms with Crippen molar-refractivity contribution in [2.45, 2.75) is 25.6 Å². The zero-order valence-electron chi connectivity index (χ0n) is 9.17. The number of ether oxygens (including phenoxy) is 1. The number of benzene rings is 1. The molecule has 0 aliphatic heterocycles. The van der Waals surface area contributed by atoms with E-state index in [2.05, 4.69) is 4.74 Å². The van der Waals surface area contributed by atoms with Crippen LogP contribution < -0.4 is 0 Å². The zero-order chi connectivity index (χ0) is 12.0. The number of aliphatic hydroxyl groups excluding tert-OH is 2. The molecular formula is C12H16O4. The molecular weight excluding hydrogens is 208 g/mol. The molecule has 1 aromatic carbocycles. The third-order valence-corrected chi connectivity index (χ3v) is 2.19. The number of rotatable bonds is 5. The lowest BCUT2D eigenvalue weighted by atomic mass is 10.0. The topological polar surface area (TPSA) is 66.8 Å². The van der Waals surface area contributed by atoms with Crippen LogP contribution in [0.2, 0.25) is 0 Å². The summed E-state index contributed by atoms with van der Waals surface area (Å²) in [4.78, 5) is 11.1. The molecule has 0 radical (unpaired) electrons. The highest BCUT2D eigenvalue weighted by atomic mass is 16.5. The van der Waals surface area contributed by atoms with Crippen LogP contribution in [0.3, 0.4) is 0 Å². The molecule has 0 saturated heterocycles. The molecule has 0 aliphatic rings. The molecule has 0 bridgehead atoms. The van der Waals surface area contributed by atoms with Gasteiger partial charge in [0.25, 0.3) is 0 Å². The van der Waals surface area contributed by atoms with Gasteiger partial charge in [0.05, 0.1) is 12.7 Å². The summed E-state index contributed by atoms with van der Waals surface area (Å²) >= 11 is 0. The van der Waals surface area contributed by atoms with Gasteiger partial charge in [0, 0.05) is 6.42 Å². The minimum Gasteiger partial charge on any atom is -0.464 e. The van der Waals surface area contributed by atoms with Crippen LogP contribution >= 0.6 is 0 Å². The lowest BCUT2D eigenvalue weighted by molar-refractivity contribution is -0.154. The first-order chi connectivity index (χ1) is 7.65. The van der Waals surface area contributed by atoms with Crippen LogP contribution in [0.1, 0.15) is 25.0 Å². The summed E-state index contributed by atoms with van der Waals surface area (Å²) in [6.45, 7) is 1.88. The lowest BCUT2D eigenvalue weighted by Gasteiger charge is -2.14. The van der Waals surface area contributed by atoms with Gasteiger partial charge in [-0.1, -0.05) is 30.3 Å². The second kappa shape index (κ2) is 6.25. The quantitative estimate of drug-likeness (QED) is 0.733. The van der Waals surface area contributed by atoms with Gasteiger partial charge in [0.15, 0.2) is 6.10 Å². The third-order valence-electron chi connectivity index (χ3n) is 2.19. The summed E-state index contributed by atoms with van der Waals surface area (Å²) in [5.74, 6) is -0.697. The summed E-state index contributed by atoms with van der Waals surface area (Å²) in [6, 6.07) is 8.88. The van der Waals surface area contributed by atoms with Crippen molar-refractivity contribution >= 4 is 5.97 Å². The predicted octanol–water partition coefficient (Wildman–Crippen LogP) is 1.03. The van der Waals surface area contributed by atoms with Gasteiger partial charge < -0.3 is 14.9 Å². The minimum atomic E-state index is -1.28. The van der Waals surface area contributed by atoms with E-state index in [1.807, 2.05) is 6.07 Å². The van der Waals surface area contributed by atoms with E-state index in [-0.39, 0.29) is 13.0 Å². The molecule has 0 fully saturated rings. The second-order valence-corrected chi connectivity index (χ2v) is 3.43. The Kier molecular flexibility index (Phi) is 4.95. The van der Waals surface area contributed by atoms with Crippen molar-refractivity contribution in [2.75, 3.05) is 6.61 Å². The van der Waals surface area contributed by atoms with Crippen molar-refractivity contribution in [2.24, 2.45) is 0 Å². The van der Waals surface area contributed by atoms with Gasteiger partial charge in [-0.2, -0.15) is 0 Å². The average molecular weight is 224 g/mol. The molecule has 2 unspecified atom stereocenters. The van der Waals surface area contributed by atoms with Gasteiger partial charge >= 0.3 is 5.97 Å². The summed E-state index contributed by atoms with van der Waals surface area (Å²) in [5.41, 5.74) is 0.672. The molecule has 2 N–H and O–H groups in total. The maximum absolute atomic E-state index is 11.1. The van der Waals surface area contributed by atoms with Crippen molar-refractivity contribution in [3.05, 3.63) is 35.9 Å². The van der Waals surface area contributed by atoms with Gasteiger partial charge in [-0.3, -0.25) is 0 Å². The van der Waals surface area contributed by atoms with E-state index in [9.17, 15) is 15.0 Å². The molecule has 4 heteroatoms. The Labute approximate surface area is 94.5 Å². The standard InChI is InChI=1S/C12H16O4/c1-2-16-12(15)11(14)8-10(13)9-6-4-3-5-7-9/h3-7,10-11,13-14H,2,8H2,1H3. The third kappa shape index (κ3) is 3.64. The van der Waals surface area contributed by atoms with Crippen molar-refractivity contribution in [1.82, 2.24) is 0 Å². The van der Waals surface area contributed by atoms with Crippen LogP contribution in [-0.2, 0) is 9.53 Å². The Morgan fingerprint density at radius 2 is 1.94 bits per heavy atom. The van der Waals surface area contributed by atoms with E-state index >= 15 is 0 Å². The van der Waals surface area contributed by atoms with E-state index in [1.165, 1.54) is 0 Å². The molecule has 2 atom stereocenters. The summed E-state index contributed by atoms with van der Waals surface area (Å²) < 4.78 is 4.64. The summed E-state index contributed by atoms with van der Waals surface area (Å²) in [7, 11) is 0. The van der Waals surface area contributed by atoms with E-state index in [0.29, 0.717) is 5.56 Å². The first-order valence-electron chi connectivity index (χ1n) is 5.22. The fraction of sp³-hybridized carbons (Fsp3) is 0.417. The Bertz CT molecular complexity index is 323.